The zero-order valence-electron chi connectivity index (χ0n) is 17.0. The van der Waals surface area contributed by atoms with Crippen molar-refractivity contribution in [1.82, 2.24) is 20.0 Å². The fourth-order valence-electron chi connectivity index (χ4n) is 3.04. The predicted molar refractivity (Wildman–Crippen MR) is 106 cm³/mol. The Morgan fingerprint density at radius 1 is 1.11 bits per heavy atom. The van der Waals surface area contributed by atoms with E-state index in [1.165, 1.54) is 0 Å². The van der Waals surface area contributed by atoms with Gasteiger partial charge in [0.2, 0.25) is 0 Å². The van der Waals surface area contributed by atoms with E-state index in [0.29, 0.717) is 18.9 Å². The van der Waals surface area contributed by atoms with Crippen LogP contribution in [0.5, 0.6) is 11.5 Å². The quantitative estimate of drug-likeness (QED) is 0.587. The van der Waals surface area contributed by atoms with Gasteiger partial charge in [0.25, 0.3) is 0 Å². The second kappa shape index (κ2) is 8.84. The summed E-state index contributed by atoms with van der Waals surface area (Å²) in [5, 5.41) is 3.98. The topological polar surface area (TPSA) is 73.5 Å². The maximum Gasteiger partial charge on any atom is 0.170 e. The van der Waals surface area contributed by atoms with Crippen LogP contribution in [0.1, 0.15) is 29.7 Å². The summed E-state index contributed by atoms with van der Waals surface area (Å²) in [5.74, 6) is 2.91. The molecule has 0 saturated heterocycles. The molecule has 0 atom stereocenters. The van der Waals surface area contributed by atoms with Crippen LogP contribution in [0, 0.1) is 13.8 Å². The van der Waals surface area contributed by atoms with Crippen LogP contribution in [0.4, 0.5) is 0 Å². The predicted octanol–water partition coefficient (Wildman–Crippen LogP) is 3.79. The Morgan fingerprint density at radius 2 is 1.93 bits per heavy atom. The van der Waals surface area contributed by atoms with Gasteiger partial charge in [0.1, 0.15) is 5.82 Å². The van der Waals surface area contributed by atoms with Gasteiger partial charge >= 0.3 is 0 Å². The average Bonchev–Trinajstić information content (AvgIpc) is 3.09. The van der Waals surface area contributed by atoms with Crippen LogP contribution in [0.2, 0.25) is 0 Å². The third-order valence-corrected chi connectivity index (χ3v) is 4.28. The van der Waals surface area contributed by atoms with E-state index in [1.807, 2.05) is 39.0 Å². The molecule has 0 spiro atoms. The fraction of sp³-hybridized carbons (Fsp3) is 0.381. The molecule has 0 fully saturated rings. The summed E-state index contributed by atoms with van der Waals surface area (Å²) < 4.78 is 16.5. The third kappa shape index (κ3) is 4.67. The van der Waals surface area contributed by atoms with Crippen LogP contribution in [0.25, 0.3) is 11.3 Å². The number of rotatable bonds is 8. The number of aromatic nitrogens is 3. The van der Waals surface area contributed by atoms with Gasteiger partial charge in [-0.1, -0.05) is 11.2 Å². The number of methoxy groups -OCH3 is 1. The molecule has 1 aromatic carbocycles. The Morgan fingerprint density at radius 3 is 2.61 bits per heavy atom. The smallest absolute Gasteiger partial charge is 0.170 e. The summed E-state index contributed by atoms with van der Waals surface area (Å²) in [6.07, 6.45) is 1.80. The Kier molecular flexibility index (Phi) is 6.26. The lowest BCUT2D eigenvalue weighted by Gasteiger charge is -2.19. The first-order valence-corrected chi connectivity index (χ1v) is 9.24. The Balaban J connectivity index is 1.78. The number of benzene rings is 1. The highest BCUT2D eigenvalue weighted by atomic mass is 16.5. The van der Waals surface area contributed by atoms with Crippen LogP contribution in [-0.4, -0.2) is 40.8 Å². The van der Waals surface area contributed by atoms with Crippen molar-refractivity contribution in [3.8, 4) is 22.8 Å². The molecule has 2 heterocycles. The first-order chi connectivity index (χ1) is 13.5. The van der Waals surface area contributed by atoms with Crippen LogP contribution in [0.3, 0.4) is 0 Å². The van der Waals surface area contributed by atoms with Crippen LogP contribution < -0.4 is 9.47 Å². The highest BCUT2D eigenvalue weighted by molar-refractivity contribution is 5.59. The zero-order valence-corrected chi connectivity index (χ0v) is 17.0. The maximum atomic E-state index is 5.59. The highest BCUT2D eigenvalue weighted by Crippen LogP contribution is 2.29. The Labute approximate surface area is 165 Å². The van der Waals surface area contributed by atoms with Gasteiger partial charge in [-0.25, -0.2) is 9.97 Å². The largest absolute Gasteiger partial charge is 0.493 e. The van der Waals surface area contributed by atoms with E-state index in [1.54, 1.807) is 13.3 Å². The molecule has 2 aromatic heterocycles. The molecule has 0 saturated carbocycles. The number of hydrogen-bond acceptors (Lipinski definition) is 7. The molecular weight excluding hydrogens is 356 g/mol. The number of aryl methyl sites for hydroxylation is 2. The summed E-state index contributed by atoms with van der Waals surface area (Å²) in [4.78, 5) is 11.1. The van der Waals surface area contributed by atoms with Gasteiger partial charge in [0.05, 0.1) is 30.7 Å². The van der Waals surface area contributed by atoms with Crippen LogP contribution in [0.15, 0.2) is 35.0 Å². The molecule has 0 unspecified atom stereocenters. The molecule has 28 heavy (non-hydrogen) atoms. The van der Waals surface area contributed by atoms with Gasteiger partial charge in [-0.3, -0.25) is 4.90 Å². The maximum absolute atomic E-state index is 5.59. The van der Waals surface area contributed by atoms with E-state index < -0.39 is 0 Å². The summed E-state index contributed by atoms with van der Waals surface area (Å²) in [5.41, 5.74) is 3.73. The van der Waals surface area contributed by atoms with Crippen molar-refractivity contribution in [1.29, 1.82) is 0 Å². The molecule has 148 valence electrons. The molecule has 3 aromatic rings. The van der Waals surface area contributed by atoms with Crippen LogP contribution >= 0.6 is 0 Å². The Bertz CT molecular complexity index is 939. The summed E-state index contributed by atoms with van der Waals surface area (Å²) in [6.45, 7) is 7.73. The lowest BCUT2D eigenvalue weighted by molar-refractivity contribution is 0.304. The van der Waals surface area contributed by atoms with Gasteiger partial charge in [0.15, 0.2) is 17.3 Å². The van der Waals surface area contributed by atoms with E-state index in [9.17, 15) is 0 Å². The first kappa shape index (κ1) is 19.8. The van der Waals surface area contributed by atoms with E-state index >= 15 is 0 Å². The van der Waals surface area contributed by atoms with Crippen molar-refractivity contribution in [2.75, 3.05) is 20.8 Å². The normalized spacial score (nSPS) is 11.1. The van der Waals surface area contributed by atoms with Crippen molar-refractivity contribution < 1.29 is 14.0 Å². The molecule has 0 bridgehead atoms. The highest BCUT2D eigenvalue weighted by Gasteiger charge is 2.15. The standard InChI is InChI=1S/C21H26N4O3/c1-6-27-19-8-7-16(10-21(19)26-5)12-25(4)13-18-17(11-22-15(3)23-18)20-9-14(2)24-28-20/h7-11H,6,12-13H2,1-5H3. The molecular formula is C21H26N4O3. The van der Waals surface area contributed by atoms with Gasteiger partial charge in [-0.2, -0.15) is 0 Å². The zero-order chi connectivity index (χ0) is 20.1. The van der Waals surface area contributed by atoms with E-state index in [0.717, 1.165) is 46.4 Å². The molecule has 3 rings (SSSR count). The minimum Gasteiger partial charge on any atom is -0.493 e. The summed E-state index contributed by atoms with van der Waals surface area (Å²) >= 11 is 0. The first-order valence-electron chi connectivity index (χ1n) is 9.24. The monoisotopic (exact) mass is 382 g/mol. The number of nitrogens with zero attached hydrogens (tertiary/aromatic N) is 4. The van der Waals surface area contributed by atoms with Gasteiger partial charge < -0.3 is 14.0 Å². The molecule has 0 aliphatic carbocycles. The van der Waals surface area contributed by atoms with Gasteiger partial charge in [-0.05, 0) is 45.5 Å². The second-order valence-corrected chi connectivity index (χ2v) is 6.70. The number of hydrogen-bond donors (Lipinski definition) is 0. The fourth-order valence-corrected chi connectivity index (χ4v) is 3.04. The van der Waals surface area contributed by atoms with Crippen molar-refractivity contribution >= 4 is 0 Å². The molecule has 0 aliphatic rings. The van der Waals surface area contributed by atoms with Crippen LogP contribution in [-0.2, 0) is 13.1 Å². The van der Waals surface area contributed by atoms with E-state index in [2.05, 4.69) is 33.1 Å². The minimum atomic E-state index is 0.604. The number of ether oxygens (including phenoxy) is 2. The van der Waals surface area contributed by atoms with Crippen molar-refractivity contribution in [2.45, 2.75) is 33.9 Å². The lowest BCUT2D eigenvalue weighted by Crippen LogP contribution is -2.19. The third-order valence-electron chi connectivity index (χ3n) is 4.28. The van der Waals surface area contributed by atoms with Crippen molar-refractivity contribution in [3.63, 3.8) is 0 Å². The SMILES string of the molecule is CCOc1ccc(CN(C)Cc2nc(C)ncc2-c2cc(C)no2)cc1OC. The molecule has 0 N–H and O–H groups in total. The van der Waals surface area contributed by atoms with E-state index in [4.69, 9.17) is 14.0 Å². The lowest BCUT2D eigenvalue weighted by atomic mass is 10.1. The van der Waals surface area contributed by atoms with Crippen molar-refractivity contribution in [2.24, 2.45) is 0 Å². The average molecular weight is 382 g/mol. The second-order valence-electron chi connectivity index (χ2n) is 6.70. The van der Waals surface area contributed by atoms with Gasteiger partial charge in [0, 0.05) is 25.4 Å². The molecule has 0 aliphatic heterocycles. The van der Waals surface area contributed by atoms with Gasteiger partial charge in [-0.15, -0.1) is 0 Å². The molecule has 7 nitrogen and oxygen atoms in total. The summed E-state index contributed by atoms with van der Waals surface area (Å²) in [6, 6.07) is 7.90. The molecule has 0 radical (unpaired) electrons. The Hall–Kier alpha value is -2.93. The summed E-state index contributed by atoms with van der Waals surface area (Å²) in [7, 11) is 3.70. The molecule has 0 amide bonds. The van der Waals surface area contributed by atoms with Crippen molar-refractivity contribution in [3.05, 3.63) is 53.2 Å². The van der Waals surface area contributed by atoms with E-state index in [-0.39, 0.29) is 0 Å². The minimum absolute atomic E-state index is 0.604. The molecule has 7 heteroatoms.